The molecule has 0 aliphatic rings. The Labute approximate surface area is 170 Å². The van der Waals surface area contributed by atoms with Gasteiger partial charge in [0.25, 0.3) is 5.56 Å². The number of hydrogen-bond donors (Lipinski definition) is 0. The van der Waals surface area contributed by atoms with E-state index in [-0.39, 0.29) is 17.9 Å². The van der Waals surface area contributed by atoms with Crippen molar-refractivity contribution >= 4 is 38.1 Å². The topological polar surface area (TPSA) is 52.0 Å². The number of fused-ring (bicyclic) bond motifs is 2. The maximum absolute atomic E-state index is 13.2. The van der Waals surface area contributed by atoms with E-state index in [0.717, 1.165) is 21.9 Å². The zero-order chi connectivity index (χ0) is 19.8. The molecule has 0 radical (unpaired) electrons. The van der Waals surface area contributed by atoms with E-state index in [9.17, 15) is 9.59 Å². The molecule has 2 heterocycles. The number of aromatic nitrogens is 2. The summed E-state index contributed by atoms with van der Waals surface area (Å²) < 4.78 is 1.40. The molecule has 5 heteroatoms. The van der Waals surface area contributed by atoms with Gasteiger partial charge in [-0.2, -0.15) is 0 Å². The summed E-state index contributed by atoms with van der Waals surface area (Å²) in [6.07, 6.45) is 1.46. The summed E-state index contributed by atoms with van der Waals surface area (Å²) in [6, 6.07) is 23.3. The summed E-state index contributed by atoms with van der Waals surface area (Å²) in [7, 11) is 0. The van der Waals surface area contributed by atoms with E-state index in [0.29, 0.717) is 15.8 Å². The summed E-state index contributed by atoms with van der Waals surface area (Å²) in [4.78, 5) is 30.9. The molecule has 0 spiro atoms. The van der Waals surface area contributed by atoms with Gasteiger partial charge in [-0.1, -0.05) is 66.7 Å². The van der Waals surface area contributed by atoms with Crippen molar-refractivity contribution in [2.24, 2.45) is 0 Å². The van der Waals surface area contributed by atoms with Crippen LogP contribution in [0.4, 0.5) is 0 Å². The first-order valence-corrected chi connectivity index (χ1v) is 10.1. The molecule has 5 aromatic rings. The van der Waals surface area contributed by atoms with Crippen molar-refractivity contribution in [3.8, 4) is 11.1 Å². The van der Waals surface area contributed by atoms with Crippen molar-refractivity contribution in [1.29, 1.82) is 0 Å². The van der Waals surface area contributed by atoms with Gasteiger partial charge in [-0.15, -0.1) is 11.3 Å². The molecule has 2 aromatic heterocycles. The molecule has 29 heavy (non-hydrogen) atoms. The zero-order valence-electron chi connectivity index (χ0n) is 15.4. The Morgan fingerprint density at radius 3 is 2.52 bits per heavy atom. The number of Topliss-reactive ketones (excluding diaryl/α,β-unsaturated/α-hetero) is 1. The predicted molar refractivity (Wildman–Crippen MR) is 118 cm³/mol. The van der Waals surface area contributed by atoms with Crippen LogP contribution in [0, 0.1) is 0 Å². The Morgan fingerprint density at radius 2 is 1.69 bits per heavy atom. The molecule has 0 saturated carbocycles. The van der Waals surface area contributed by atoms with Crippen LogP contribution in [-0.4, -0.2) is 15.3 Å². The van der Waals surface area contributed by atoms with Crippen molar-refractivity contribution in [2.75, 3.05) is 0 Å². The minimum absolute atomic E-state index is 0.0290. The number of ketones is 1. The Bertz CT molecular complexity index is 1420. The Hall–Kier alpha value is -3.57. The minimum atomic E-state index is -0.191. The summed E-state index contributed by atoms with van der Waals surface area (Å²) >= 11 is 1.44. The van der Waals surface area contributed by atoms with E-state index in [1.165, 1.54) is 22.2 Å². The van der Waals surface area contributed by atoms with Crippen LogP contribution in [0.5, 0.6) is 0 Å². The van der Waals surface area contributed by atoms with Gasteiger partial charge >= 0.3 is 0 Å². The highest BCUT2D eigenvalue weighted by Crippen LogP contribution is 2.32. The fourth-order valence-corrected chi connectivity index (χ4v) is 4.43. The van der Waals surface area contributed by atoms with Gasteiger partial charge in [-0.05, 0) is 22.4 Å². The first kappa shape index (κ1) is 17.5. The molecule has 0 N–H and O–H groups in total. The van der Waals surface area contributed by atoms with E-state index < -0.39 is 0 Å². The second kappa shape index (κ2) is 7.11. The third kappa shape index (κ3) is 3.15. The number of benzene rings is 3. The fourth-order valence-electron chi connectivity index (χ4n) is 3.52. The van der Waals surface area contributed by atoms with Gasteiger partial charge < -0.3 is 0 Å². The van der Waals surface area contributed by atoms with Crippen LogP contribution < -0.4 is 5.56 Å². The molecular formula is C24H16N2O2S. The highest BCUT2D eigenvalue weighted by molar-refractivity contribution is 7.17. The van der Waals surface area contributed by atoms with Crippen LogP contribution in [0.1, 0.15) is 10.4 Å². The molecular weight excluding hydrogens is 380 g/mol. The van der Waals surface area contributed by atoms with Crippen molar-refractivity contribution in [2.45, 2.75) is 6.54 Å². The maximum atomic E-state index is 13.2. The van der Waals surface area contributed by atoms with Gasteiger partial charge in [0.15, 0.2) is 5.78 Å². The molecule has 4 nitrogen and oxygen atoms in total. The molecule has 140 valence electrons. The minimum Gasteiger partial charge on any atom is -0.292 e. The van der Waals surface area contributed by atoms with E-state index in [4.69, 9.17) is 0 Å². The molecule has 0 saturated heterocycles. The van der Waals surface area contributed by atoms with Crippen molar-refractivity contribution < 1.29 is 4.79 Å². The third-order valence-electron chi connectivity index (χ3n) is 5.03. The smallest absolute Gasteiger partial charge is 0.263 e. The summed E-state index contributed by atoms with van der Waals surface area (Å²) in [5.41, 5.74) is 2.22. The monoisotopic (exact) mass is 396 g/mol. The van der Waals surface area contributed by atoms with Crippen molar-refractivity contribution in [1.82, 2.24) is 9.55 Å². The number of carbonyl (C=O) groups excluding carboxylic acids is 1. The van der Waals surface area contributed by atoms with E-state index in [1.807, 2.05) is 41.8 Å². The lowest BCUT2D eigenvalue weighted by Crippen LogP contribution is -2.24. The van der Waals surface area contributed by atoms with Gasteiger partial charge in [0.05, 0.1) is 18.3 Å². The standard InChI is InChI=1S/C24H16N2O2S/c27-21(17-7-2-1-3-8-17)13-26-15-25-23-22(24(26)28)20(14-29-23)19-11-10-16-6-4-5-9-18(16)12-19/h1-12,14-15H,13H2. The molecule has 0 bridgehead atoms. The first-order valence-electron chi connectivity index (χ1n) is 9.25. The van der Waals surface area contributed by atoms with Crippen LogP contribution in [0.25, 0.3) is 32.1 Å². The molecule has 0 unspecified atom stereocenters. The highest BCUT2D eigenvalue weighted by atomic mass is 32.1. The third-order valence-corrected chi connectivity index (χ3v) is 5.92. The number of rotatable bonds is 4. The number of thiophene rings is 1. The van der Waals surface area contributed by atoms with E-state index >= 15 is 0 Å². The lowest BCUT2D eigenvalue weighted by Gasteiger charge is -2.06. The van der Waals surface area contributed by atoms with Gasteiger partial charge in [-0.3, -0.25) is 14.2 Å². The van der Waals surface area contributed by atoms with Crippen LogP contribution in [0.15, 0.2) is 89.3 Å². The second-order valence-corrected chi connectivity index (χ2v) is 7.72. The zero-order valence-corrected chi connectivity index (χ0v) is 16.2. The molecule has 0 amide bonds. The van der Waals surface area contributed by atoms with E-state index in [2.05, 4.69) is 29.2 Å². The summed E-state index contributed by atoms with van der Waals surface area (Å²) in [6.45, 7) is -0.0290. The normalized spacial score (nSPS) is 11.2. The quantitative estimate of drug-likeness (QED) is 0.394. The SMILES string of the molecule is O=C(Cn1cnc2scc(-c3ccc4ccccc4c3)c2c1=O)c1ccccc1. The molecule has 5 rings (SSSR count). The maximum Gasteiger partial charge on any atom is 0.263 e. The van der Waals surface area contributed by atoms with Crippen LogP contribution in [0.3, 0.4) is 0 Å². The summed E-state index contributed by atoms with van der Waals surface area (Å²) in [5.74, 6) is -0.115. The highest BCUT2D eigenvalue weighted by Gasteiger charge is 2.15. The first-order chi connectivity index (χ1) is 14.2. The predicted octanol–water partition coefficient (Wildman–Crippen LogP) is 5.16. The Balaban J connectivity index is 1.60. The summed E-state index contributed by atoms with van der Waals surface area (Å²) in [5, 5.41) is 4.80. The number of hydrogen-bond acceptors (Lipinski definition) is 4. The average molecular weight is 396 g/mol. The molecule has 0 fully saturated rings. The van der Waals surface area contributed by atoms with Crippen LogP contribution in [0.2, 0.25) is 0 Å². The van der Waals surface area contributed by atoms with Gasteiger partial charge in [0.2, 0.25) is 0 Å². The van der Waals surface area contributed by atoms with Crippen molar-refractivity contribution in [3.05, 3.63) is 100 Å². The van der Waals surface area contributed by atoms with E-state index in [1.54, 1.807) is 12.1 Å². The lowest BCUT2D eigenvalue weighted by atomic mass is 10.0. The largest absolute Gasteiger partial charge is 0.292 e. The van der Waals surface area contributed by atoms with Gasteiger partial charge in [0.1, 0.15) is 4.83 Å². The van der Waals surface area contributed by atoms with Crippen molar-refractivity contribution in [3.63, 3.8) is 0 Å². The fraction of sp³-hybridized carbons (Fsp3) is 0.0417. The average Bonchev–Trinajstić information content (AvgIpc) is 3.21. The van der Waals surface area contributed by atoms with Gasteiger partial charge in [-0.25, -0.2) is 4.98 Å². The Kier molecular flexibility index (Phi) is 4.30. The number of nitrogens with zero attached hydrogens (tertiary/aromatic N) is 2. The van der Waals surface area contributed by atoms with Crippen LogP contribution in [-0.2, 0) is 6.54 Å². The Morgan fingerprint density at radius 1 is 0.931 bits per heavy atom. The molecule has 3 aromatic carbocycles. The van der Waals surface area contributed by atoms with Gasteiger partial charge in [0, 0.05) is 16.5 Å². The second-order valence-electron chi connectivity index (χ2n) is 6.86. The molecule has 0 atom stereocenters. The van der Waals surface area contributed by atoms with Crippen LogP contribution >= 0.6 is 11.3 Å². The molecule has 0 aliphatic heterocycles. The lowest BCUT2D eigenvalue weighted by molar-refractivity contribution is 0.0970. The number of carbonyl (C=O) groups is 1. The molecule has 0 aliphatic carbocycles.